The quantitative estimate of drug-likeness (QED) is 0.893. The van der Waals surface area contributed by atoms with Crippen LogP contribution < -0.4 is 0 Å². The summed E-state index contributed by atoms with van der Waals surface area (Å²) in [7, 11) is 0. The molecule has 0 spiro atoms. The zero-order valence-corrected chi connectivity index (χ0v) is 11.6. The van der Waals surface area contributed by atoms with Gasteiger partial charge in [0, 0.05) is 37.6 Å². The Balaban J connectivity index is 2.06. The molecule has 0 saturated carbocycles. The van der Waals surface area contributed by atoms with Gasteiger partial charge in [-0.25, -0.2) is 0 Å². The highest BCUT2D eigenvalue weighted by atomic mass is 16.5. The zero-order valence-electron chi connectivity index (χ0n) is 11.6. The van der Waals surface area contributed by atoms with Gasteiger partial charge in [0.1, 0.15) is 0 Å². The lowest BCUT2D eigenvalue weighted by Crippen LogP contribution is -2.45. The molecule has 3 unspecified atom stereocenters. The van der Waals surface area contributed by atoms with Crippen LogP contribution in [0.25, 0.3) is 0 Å². The van der Waals surface area contributed by atoms with Crippen LogP contribution in [0.2, 0.25) is 0 Å². The van der Waals surface area contributed by atoms with E-state index < -0.39 is 5.60 Å². The van der Waals surface area contributed by atoms with E-state index >= 15 is 0 Å². The van der Waals surface area contributed by atoms with Crippen molar-refractivity contribution in [2.75, 3.05) is 13.2 Å². The summed E-state index contributed by atoms with van der Waals surface area (Å²) in [5, 5.41) is 15.2. The normalized spacial score (nSPS) is 30.3. The molecule has 1 aromatic heterocycles. The lowest BCUT2D eigenvalue weighted by atomic mass is 9.81. The van der Waals surface area contributed by atoms with Crippen molar-refractivity contribution in [1.82, 2.24) is 9.78 Å². The van der Waals surface area contributed by atoms with Gasteiger partial charge in [-0.15, -0.1) is 0 Å². The van der Waals surface area contributed by atoms with Gasteiger partial charge < -0.3 is 9.84 Å². The summed E-state index contributed by atoms with van der Waals surface area (Å²) in [5.74, 6) is 0.167. The molecule has 4 heteroatoms. The molecule has 1 fully saturated rings. The highest BCUT2D eigenvalue weighted by molar-refractivity contribution is 5.06. The van der Waals surface area contributed by atoms with Crippen LogP contribution in [0.3, 0.4) is 0 Å². The molecule has 4 nitrogen and oxygen atoms in total. The first-order chi connectivity index (χ1) is 8.55. The molecule has 1 aliphatic rings. The Bertz CT molecular complexity index is 391. The fourth-order valence-corrected chi connectivity index (χ4v) is 2.39. The van der Waals surface area contributed by atoms with Crippen LogP contribution in [0.5, 0.6) is 0 Å². The summed E-state index contributed by atoms with van der Waals surface area (Å²) in [6.45, 7) is 7.64. The Labute approximate surface area is 109 Å². The van der Waals surface area contributed by atoms with E-state index in [1.165, 1.54) is 0 Å². The minimum absolute atomic E-state index is 0.167. The van der Waals surface area contributed by atoms with E-state index in [0.717, 1.165) is 12.1 Å². The second-order valence-corrected chi connectivity index (χ2v) is 5.55. The lowest BCUT2D eigenvalue weighted by molar-refractivity contribution is -0.105. The highest BCUT2D eigenvalue weighted by Crippen LogP contribution is 2.29. The Morgan fingerprint density at radius 1 is 1.67 bits per heavy atom. The smallest absolute Gasteiger partial charge is 0.0772 e. The molecular formula is C14H24N2O2. The molecule has 18 heavy (non-hydrogen) atoms. The van der Waals surface area contributed by atoms with Crippen molar-refractivity contribution in [3.05, 3.63) is 18.0 Å². The maximum atomic E-state index is 10.7. The molecule has 0 amide bonds. The van der Waals surface area contributed by atoms with Gasteiger partial charge in [0.15, 0.2) is 0 Å². The largest absolute Gasteiger partial charge is 0.389 e. The first-order valence-corrected chi connectivity index (χ1v) is 6.89. The summed E-state index contributed by atoms with van der Waals surface area (Å²) in [4.78, 5) is 0. The molecular weight excluding hydrogens is 228 g/mol. The van der Waals surface area contributed by atoms with E-state index in [-0.39, 0.29) is 5.92 Å². The number of aromatic nitrogens is 2. The molecule has 2 rings (SSSR count). The Kier molecular flexibility index (Phi) is 4.07. The molecule has 0 bridgehead atoms. The summed E-state index contributed by atoms with van der Waals surface area (Å²) >= 11 is 0. The predicted molar refractivity (Wildman–Crippen MR) is 70.5 cm³/mol. The molecule has 3 atom stereocenters. The maximum absolute atomic E-state index is 10.7. The van der Waals surface area contributed by atoms with Gasteiger partial charge in [0.25, 0.3) is 0 Å². The third-order valence-electron chi connectivity index (χ3n) is 4.16. The molecule has 1 aromatic rings. The third-order valence-corrected chi connectivity index (χ3v) is 4.16. The Hall–Kier alpha value is -0.870. The SMILES string of the molecule is CCC(C)n1ccc(CC2(O)CCOCC2C)n1. The molecule has 1 aliphatic heterocycles. The topological polar surface area (TPSA) is 47.3 Å². The predicted octanol–water partition coefficient (Wildman–Crippen LogP) is 2.18. The number of hydrogen-bond acceptors (Lipinski definition) is 3. The van der Waals surface area contributed by atoms with Gasteiger partial charge in [0.2, 0.25) is 0 Å². The van der Waals surface area contributed by atoms with Crippen LogP contribution in [0.15, 0.2) is 12.3 Å². The molecule has 0 aromatic carbocycles. The van der Waals surface area contributed by atoms with Gasteiger partial charge in [-0.3, -0.25) is 4.68 Å². The Morgan fingerprint density at radius 3 is 3.11 bits per heavy atom. The average Bonchev–Trinajstić information content (AvgIpc) is 2.80. The van der Waals surface area contributed by atoms with E-state index in [2.05, 4.69) is 18.9 Å². The van der Waals surface area contributed by atoms with E-state index in [9.17, 15) is 5.11 Å². The molecule has 0 radical (unpaired) electrons. The van der Waals surface area contributed by atoms with Crippen molar-refractivity contribution in [3.8, 4) is 0 Å². The highest BCUT2D eigenvalue weighted by Gasteiger charge is 2.37. The molecule has 2 heterocycles. The van der Waals surface area contributed by atoms with E-state index in [4.69, 9.17) is 4.74 Å². The lowest BCUT2D eigenvalue weighted by Gasteiger charge is -2.37. The van der Waals surface area contributed by atoms with Crippen molar-refractivity contribution in [2.45, 2.75) is 51.7 Å². The van der Waals surface area contributed by atoms with Crippen LogP contribution in [0.1, 0.15) is 45.3 Å². The molecule has 102 valence electrons. The maximum Gasteiger partial charge on any atom is 0.0772 e. The number of aliphatic hydroxyl groups is 1. The second kappa shape index (κ2) is 5.41. The standard InChI is InChI=1S/C14H24N2O2/c1-4-12(3)16-7-5-13(15-16)9-14(17)6-8-18-10-11(14)2/h5,7,11-12,17H,4,6,8-10H2,1-3H3. The van der Waals surface area contributed by atoms with Crippen molar-refractivity contribution >= 4 is 0 Å². The molecule has 1 saturated heterocycles. The summed E-state index contributed by atoms with van der Waals surface area (Å²) in [5.41, 5.74) is 0.318. The number of hydrogen-bond donors (Lipinski definition) is 1. The van der Waals surface area contributed by atoms with E-state index in [1.807, 2.05) is 23.9 Å². The second-order valence-electron chi connectivity index (χ2n) is 5.55. The fourth-order valence-electron chi connectivity index (χ4n) is 2.39. The van der Waals surface area contributed by atoms with Crippen molar-refractivity contribution in [1.29, 1.82) is 0 Å². The number of rotatable bonds is 4. The summed E-state index contributed by atoms with van der Waals surface area (Å²) in [6, 6.07) is 2.44. The van der Waals surface area contributed by atoms with Gasteiger partial charge in [-0.1, -0.05) is 13.8 Å². The summed E-state index contributed by atoms with van der Waals surface area (Å²) in [6.07, 6.45) is 4.40. The first-order valence-electron chi connectivity index (χ1n) is 6.89. The van der Waals surface area contributed by atoms with Crippen molar-refractivity contribution in [3.63, 3.8) is 0 Å². The number of ether oxygens (including phenoxy) is 1. The van der Waals surface area contributed by atoms with Gasteiger partial charge in [0.05, 0.1) is 17.9 Å². The van der Waals surface area contributed by atoms with Gasteiger partial charge >= 0.3 is 0 Å². The van der Waals surface area contributed by atoms with Crippen LogP contribution in [-0.4, -0.2) is 33.7 Å². The van der Waals surface area contributed by atoms with Crippen LogP contribution in [-0.2, 0) is 11.2 Å². The number of nitrogens with zero attached hydrogens (tertiary/aromatic N) is 2. The molecule has 1 N–H and O–H groups in total. The van der Waals surface area contributed by atoms with Crippen molar-refractivity contribution in [2.24, 2.45) is 5.92 Å². The van der Waals surface area contributed by atoms with Crippen molar-refractivity contribution < 1.29 is 9.84 Å². The third kappa shape index (κ3) is 2.75. The minimum Gasteiger partial charge on any atom is -0.389 e. The average molecular weight is 252 g/mol. The van der Waals surface area contributed by atoms with Crippen LogP contribution >= 0.6 is 0 Å². The Morgan fingerprint density at radius 2 is 2.44 bits per heavy atom. The van der Waals surface area contributed by atoms with Crippen LogP contribution in [0, 0.1) is 5.92 Å². The van der Waals surface area contributed by atoms with E-state index in [0.29, 0.717) is 32.1 Å². The fraction of sp³-hybridized carbons (Fsp3) is 0.786. The molecule has 0 aliphatic carbocycles. The van der Waals surface area contributed by atoms with Crippen LogP contribution in [0.4, 0.5) is 0 Å². The summed E-state index contributed by atoms with van der Waals surface area (Å²) < 4.78 is 7.38. The monoisotopic (exact) mass is 252 g/mol. The van der Waals surface area contributed by atoms with Gasteiger partial charge in [-0.05, 0) is 19.4 Å². The minimum atomic E-state index is -0.660. The first kappa shape index (κ1) is 13.6. The van der Waals surface area contributed by atoms with E-state index in [1.54, 1.807) is 0 Å². The zero-order chi connectivity index (χ0) is 13.2. The van der Waals surface area contributed by atoms with Gasteiger partial charge in [-0.2, -0.15) is 5.10 Å².